The van der Waals surface area contributed by atoms with Gasteiger partial charge in [-0.25, -0.2) is 4.98 Å². The number of methoxy groups -OCH3 is 1. The zero-order valence-corrected chi connectivity index (χ0v) is 10.4. The van der Waals surface area contributed by atoms with E-state index >= 15 is 0 Å². The predicted molar refractivity (Wildman–Crippen MR) is 64.8 cm³/mol. The molecule has 1 aliphatic rings. The summed E-state index contributed by atoms with van der Waals surface area (Å²) in [5.41, 5.74) is 0.265. The van der Waals surface area contributed by atoms with Crippen molar-refractivity contribution in [3.8, 4) is 0 Å². The lowest BCUT2D eigenvalue weighted by atomic mass is 10.0. The quantitative estimate of drug-likeness (QED) is 0.816. The summed E-state index contributed by atoms with van der Waals surface area (Å²) in [6.07, 6.45) is 4.09. The van der Waals surface area contributed by atoms with Crippen LogP contribution in [0.4, 0.5) is 0 Å². The van der Waals surface area contributed by atoms with Crippen molar-refractivity contribution in [2.45, 2.75) is 37.8 Å². The van der Waals surface area contributed by atoms with E-state index in [2.05, 4.69) is 15.3 Å². The maximum absolute atomic E-state index is 11.6. The highest BCUT2D eigenvalue weighted by Crippen LogP contribution is 2.39. The topological polar surface area (TPSA) is 67.0 Å². The van der Waals surface area contributed by atoms with Gasteiger partial charge in [-0.2, -0.15) is 0 Å². The van der Waals surface area contributed by atoms with Crippen molar-refractivity contribution >= 4 is 0 Å². The highest BCUT2D eigenvalue weighted by molar-refractivity contribution is 5.10. The number of H-pyrrole nitrogens is 1. The largest absolute Gasteiger partial charge is 0.370 e. The average Bonchev–Trinajstić information content (AvgIpc) is 2.78. The molecule has 0 spiro atoms. The van der Waals surface area contributed by atoms with Crippen LogP contribution in [-0.4, -0.2) is 24.1 Å². The first-order valence-electron chi connectivity index (χ1n) is 6.01. The minimum Gasteiger partial charge on any atom is -0.370 e. The molecule has 0 atom stereocenters. The van der Waals surface area contributed by atoms with Crippen molar-refractivity contribution in [3.05, 3.63) is 27.9 Å². The molecule has 0 bridgehead atoms. The average molecular weight is 237 g/mol. The Balaban J connectivity index is 2.39. The third kappa shape index (κ3) is 2.40. The van der Waals surface area contributed by atoms with Gasteiger partial charge in [0.15, 0.2) is 0 Å². The maximum atomic E-state index is 11.6. The monoisotopic (exact) mass is 237 g/mol. The Kier molecular flexibility index (Phi) is 3.59. The molecule has 94 valence electrons. The van der Waals surface area contributed by atoms with Crippen molar-refractivity contribution in [1.82, 2.24) is 15.3 Å². The van der Waals surface area contributed by atoms with E-state index in [-0.39, 0.29) is 11.2 Å². The van der Waals surface area contributed by atoms with Gasteiger partial charge in [-0.1, -0.05) is 0 Å². The summed E-state index contributed by atoms with van der Waals surface area (Å²) in [7, 11) is 3.53. The van der Waals surface area contributed by atoms with Gasteiger partial charge in [0, 0.05) is 19.7 Å². The molecule has 0 aromatic carbocycles. The molecule has 1 aromatic heterocycles. The van der Waals surface area contributed by atoms with Crippen molar-refractivity contribution in [1.29, 1.82) is 0 Å². The molecular formula is C12H19N3O2. The second kappa shape index (κ2) is 4.98. The van der Waals surface area contributed by atoms with Crippen molar-refractivity contribution in [3.63, 3.8) is 0 Å². The molecule has 5 heteroatoms. The van der Waals surface area contributed by atoms with Crippen molar-refractivity contribution in [2.24, 2.45) is 0 Å². The summed E-state index contributed by atoms with van der Waals surface area (Å²) in [5.74, 6) is 0.676. The van der Waals surface area contributed by atoms with E-state index in [1.165, 1.54) is 6.07 Å². The molecule has 0 radical (unpaired) electrons. The summed E-state index contributed by atoms with van der Waals surface area (Å²) in [5, 5.41) is 3.00. The molecule has 2 N–H and O–H groups in total. The number of aromatic nitrogens is 2. The first-order chi connectivity index (χ1) is 8.20. The Morgan fingerprint density at radius 3 is 2.82 bits per heavy atom. The second-order valence-corrected chi connectivity index (χ2v) is 4.52. The Hall–Kier alpha value is -1.20. The van der Waals surface area contributed by atoms with Gasteiger partial charge >= 0.3 is 0 Å². The van der Waals surface area contributed by atoms with E-state index in [1.807, 2.05) is 7.05 Å². The van der Waals surface area contributed by atoms with Gasteiger partial charge in [-0.3, -0.25) is 4.79 Å². The van der Waals surface area contributed by atoms with Crippen LogP contribution in [0.3, 0.4) is 0 Å². The summed E-state index contributed by atoms with van der Waals surface area (Å²) in [6.45, 7) is 0.594. The van der Waals surface area contributed by atoms with Gasteiger partial charge in [0.2, 0.25) is 0 Å². The maximum Gasteiger partial charge on any atom is 0.251 e. The first kappa shape index (κ1) is 12.3. The summed E-state index contributed by atoms with van der Waals surface area (Å²) in [6, 6.07) is 1.53. The van der Waals surface area contributed by atoms with Gasteiger partial charge in [0.1, 0.15) is 11.4 Å². The Bertz CT molecular complexity index is 436. The minimum absolute atomic E-state index is 0.108. The van der Waals surface area contributed by atoms with Crippen LogP contribution in [0.25, 0.3) is 0 Å². The van der Waals surface area contributed by atoms with E-state index in [0.717, 1.165) is 31.4 Å². The molecule has 1 aromatic rings. The van der Waals surface area contributed by atoms with E-state index in [1.54, 1.807) is 7.11 Å². The van der Waals surface area contributed by atoms with Crippen LogP contribution in [0.1, 0.15) is 37.2 Å². The molecule has 0 aliphatic heterocycles. The molecule has 17 heavy (non-hydrogen) atoms. The zero-order chi connectivity index (χ0) is 12.3. The second-order valence-electron chi connectivity index (χ2n) is 4.52. The van der Waals surface area contributed by atoms with Gasteiger partial charge in [0.05, 0.1) is 5.69 Å². The van der Waals surface area contributed by atoms with E-state index < -0.39 is 0 Å². The fourth-order valence-electron chi connectivity index (χ4n) is 2.48. The number of ether oxygens (including phenoxy) is 1. The smallest absolute Gasteiger partial charge is 0.251 e. The molecule has 2 rings (SSSR count). The third-order valence-electron chi connectivity index (χ3n) is 3.39. The first-order valence-corrected chi connectivity index (χ1v) is 6.01. The number of rotatable bonds is 4. The van der Waals surface area contributed by atoms with Gasteiger partial charge in [-0.05, 0) is 32.7 Å². The predicted octanol–water partition coefficient (Wildman–Crippen LogP) is 0.905. The van der Waals surface area contributed by atoms with Crippen LogP contribution in [-0.2, 0) is 16.9 Å². The van der Waals surface area contributed by atoms with Crippen LogP contribution >= 0.6 is 0 Å². The number of nitrogens with zero attached hydrogens (tertiary/aromatic N) is 1. The lowest BCUT2D eigenvalue weighted by Crippen LogP contribution is -2.31. The molecule has 1 heterocycles. The van der Waals surface area contributed by atoms with Gasteiger partial charge < -0.3 is 15.0 Å². The summed E-state index contributed by atoms with van der Waals surface area (Å²) < 4.78 is 5.62. The molecule has 5 nitrogen and oxygen atoms in total. The zero-order valence-electron chi connectivity index (χ0n) is 10.4. The number of aromatic amines is 1. The standard InChI is InChI=1S/C12H19N3O2/c1-13-8-9-7-10(16)15-11(14-9)12(17-2)5-3-4-6-12/h7,13H,3-6,8H2,1-2H3,(H,14,15,16). The molecule has 1 fully saturated rings. The van der Waals surface area contributed by atoms with Crippen molar-refractivity contribution in [2.75, 3.05) is 14.2 Å². The van der Waals surface area contributed by atoms with Crippen LogP contribution < -0.4 is 10.9 Å². The summed E-state index contributed by atoms with van der Waals surface area (Å²) >= 11 is 0. The SMILES string of the molecule is CNCc1cc(=O)[nH]c(C2(OC)CCCC2)n1. The van der Waals surface area contributed by atoms with E-state index in [0.29, 0.717) is 12.4 Å². The van der Waals surface area contributed by atoms with Crippen LogP contribution in [0, 0.1) is 0 Å². The van der Waals surface area contributed by atoms with Crippen LogP contribution in [0.5, 0.6) is 0 Å². The highest BCUT2D eigenvalue weighted by Gasteiger charge is 2.38. The summed E-state index contributed by atoms with van der Waals surface area (Å²) in [4.78, 5) is 18.9. The van der Waals surface area contributed by atoms with E-state index in [9.17, 15) is 4.79 Å². The molecule has 1 saturated carbocycles. The Labute approximate surface area is 101 Å². The molecule has 1 aliphatic carbocycles. The fourth-order valence-corrected chi connectivity index (χ4v) is 2.48. The molecule has 0 unspecified atom stereocenters. The van der Waals surface area contributed by atoms with Gasteiger partial charge in [0.25, 0.3) is 5.56 Å². The van der Waals surface area contributed by atoms with Crippen LogP contribution in [0.15, 0.2) is 10.9 Å². The molecule has 0 saturated heterocycles. The lowest BCUT2D eigenvalue weighted by molar-refractivity contribution is -0.0166. The van der Waals surface area contributed by atoms with E-state index in [4.69, 9.17) is 4.74 Å². The Morgan fingerprint density at radius 2 is 2.24 bits per heavy atom. The lowest BCUT2D eigenvalue weighted by Gasteiger charge is -2.26. The van der Waals surface area contributed by atoms with Crippen molar-refractivity contribution < 1.29 is 4.74 Å². The molecule has 0 amide bonds. The third-order valence-corrected chi connectivity index (χ3v) is 3.39. The molecular weight excluding hydrogens is 218 g/mol. The highest BCUT2D eigenvalue weighted by atomic mass is 16.5. The minimum atomic E-state index is -0.386. The normalized spacial score (nSPS) is 18.5. The van der Waals surface area contributed by atoms with Gasteiger partial charge in [-0.15, -0.1) is 0 Å². The number of nitrogens with one attached hydrogen (secondary N) is 2. The number of hydrogen-bond donors (Lipinski definition) is 2. The number of hydrogen-bond acceptors (Lipinski definition) is 4. The van der Waals surface area contributed by atoms with Crippen LogP contribution in [0.2, 0.25) is 0 Å². The Morgan fingerprint density at radius 1 is 1.53 bits per heavy atom. The fraction of sp³-hybridized carbons (Fsp3) is 0.667.